The summed E-state index contributed by atoms with van der Waals surface area (Å²) in [6, 6.07) is 21.2. The molecule has 6 nitrogen and oxygen atoms in total. The van der Waals surface area contributed by atoms with Crippen LogP contribution >= 0.6 is 0 Å². The fourth-order valence-corrected chi connectivity index (χ4v) is 5.63. The van der Waals surface area contributed by atoms with Gasteiger partial charge in [-0.1, -0.05) is 48.5 Å². The molecule has 0 radical (unpaired) electrons. The van der Waals surface area contributed by atoms with Crippen molar-refractivity contribution in [3.63, 3.8) is 0 Å². The first-order valence-electron chi connectivity index (χ1n) is 12.1. The first-order chi connectivity index (χ1) is 17.5. The Hall–Kier alpha value is -4.13. The predicted octanol–water partition coefficient (Wildman–Crippen LogP) is 4.24. The molecular formula is C29H26FN3O3. The number of aromatic nitrogens is 1. The summed E-state index contributed by atoms with van der Waals surface area (Å²) in [4.78, 5) is 34.3. The summed E-state index contributed by atoms with van der Waals surface area (Å²) in [6.45, 7) is 0.264. The number of carbonyl (C=O) groups excluding carboxylic acids is 2. The molecule has 2 atom stereocenters. The molecule has 0 saturated carbocycles. The van der Waals surface area contributed by atoms with E-state index in [9.17, 15) is 14.0 Å². The van der Waals surface area contributed by atoms with Gasteiger partial charge >= 0.3 is 0 Å². The van der Waals surface area contributed by atoms with E-state index in [4.69, 9.17) is 4.74 Å². The maximum atomic E-state index is 14.2. The number of hydrogen-bond acceptors (Lipinski definition) is 3. The van der Waals surface area contributed by atoms with Crippen molar-refractivity contribution >= 4 is 22.7 Å². The topological polar surface area (TPSA) is 65.6 Å². The van der Waals surface area contributed by atoms with Crippen molar-refractivity contribution < 1.29 is 18.7 Å². The Balaban J connectivity index is 1.40. The van der Waals surface area contributed by atoms with Crippen LogP contribution in [0.5, 0.6) is 5.75 Å². The van der Waals surface area contributed by atoms with Gasteiger partial charge in [-0.3, -0.25) is 9.59 Å². The number of nitrogens with zero attached hydrogens (tertiary/aromatic N) is 2. The molecule has 1 saturated heterocycles. The molecule has 0 bridgehead atoms. The second-order valence-corrected chi connectivity index (χ2v) is 9.36. The number of hydrogen-bond donors (Lipinski definition) is 1. The minimum atomic E-state index is -0.630. The average Bonchev–Trinajstić information content (AvgIpc) is 3.28. The van der Waals surface area contributed by atoms with Crippen LogP contribution in [0.4, 0.5) is 4.39 Å². The number of benzene rings is 3. The third kappa shape index (κ3) is 3.63. The van der Waals surface area contributed by atoms with Gasteiger partial charge in [-0.25, -0.2) is 4.39 Å². The minimum absolute atomic E-state index is 0.0280. The summed E-state index contributed by atoms with van der Waals surface area (Å²) in [5.41, 5.74) is 4.38. The first kappa shape index (κ1) is 22.3. The highest BCUT2D eigenvalue weighted by Gasteiger charge is 2.48. The standard InChI is InChI=1S/C29H26FN3O3/c1-36-20-9-6-8-19(15-20)28-27-22(21-10-3-5-12-24(21)31-27)16-25-29(35)32(17-26(34)33(25)28)14-13-18-7-2-4-11-23(18)30/h2-12,15,25,28,31H,13-14,16-17H2,1H3/t25-,28+/m0/s1. The third-order valence-electron chi connectivity index (χ3n) is 7.36. The van der Waals surface area contributed by atoms with Gasteiger partial charge in [-0.05, 0) is 47.4 Å². The Morgan fingerprint density at radius 2 is 1.83 bits per heavy atom. The number of para-hydroxylation sites is 1. The van der Waals surface area contributed by atoms with Crippen molar-refractivity contribution in [3.8, 4) is 5.75 Å². The lowest BCUT2D eigenvalue weighted by Gasteiger charge is -2.47. The summed E-state index contributed by atoms with van der Waals surface area (Å²) in [5, 5.41) is 1.06. The molecule has 2 aliphatic rings. The number of rotatable bonds is 5. The van der Waals surface area contributed by atoms with Gasteiger partial charge in [-0.15, -0.1) is 0 Å². The summed E-state index contributed by atoms with van der Waals surface area (Å²) in [5.74, 6) is 0.170. The van der Waals surface area contributed by atoms with Crippen LogP contribution in [0, 0.1) is 5.82 Å². The summed E-state index contributed by atoms with van der Waals surface area (Å²) >= 11 is 0. The van der Waals surface area contributed by atoms with E-state index in [2.05, 4.69) is 4.98 Å². The molecule has 1 aromatic heterocycles. The zero-order valence-corrected chi connectivity index (χ0v) is 19.9. The van der Waals surface area contributed by atoms with E-state index >= 15 is 0 Å². The highest BCUT2D eigenvalue weighted by atomic mass is 19.1. The Labute approximate surface area is 208 Å². The summed E-state index contributed by atoms with van der Waals surface area (Å²) in [6.07, 6.45) is 0.788. The summed E-state index contributed by atoms with van der Waals surface area (Å²) < 4.78 is 19.6. The van der Waals surface area contributed by atoms with Crippen LogP contribution in [0.2, 0.25) is 0 Å². The molecule has 1 N–H and O–H groups in total. The second-order valence-electron chi connectivity index (χ2n) is 9.36. The van der Waals surface area contributed by atoms with Crippen molar-refractivity contribution in [2.45, 2.75) is 24.9 Å². The number of aromatic amines is 1. The lowest BCUT2D eigenvalue weighted by Crippen LogP contribution is -2.63. The maximum Gasteiger partial charge on any atom is 0.246 e. The van der Waals surface area contributed by atoms with Gasteiger partial charge in [0.2, 0.25) is 11.8 Å². The van der Waals surface area contributed by atoms with E-state index in [1.165, 1.54) is 6.07 Å². The van der Waals surface area contributed by atoms with Gasteiger partial charge in [-0.2, -0.15) is 0 Å². The fourth-order valence-electron chi connectivity index (χ4n) is 5.63. The molecule has 182 valence electrons. The zero-order valence-electron chi connectivity index (χ0n) is 19.9. The molecule has 0 unspecified atom stereocenters. The first-order valence-corrected chi connectivity index (χ1v) is 12.1. The highest BCUT2D eigenvalue weighted by molar-refractivity contribution is 5.97. The molecule has 1 fully saturated rings. The molecular weight excluding hydrogens is 457 g/mol. The van der Waals surface area contributed by atoms with Crippen LogP contribution in [0.1, 0.15) is 28.4 Å². The lowest BCUT2D eigenvalue weighted by molar-refractivity contribution is -0.158. The van der Waals surface area contributed by atoms with E-state index in [-0.39, 0.29) is 24.2 Å². The van der Waals surface area contributed by atoms with Crippen LogP contribution < -0.4 is 4.74 Å². The Bertz CT molecular complexity index is 1480. The maximum absolute atomic E-state index is 14.2. The van der Waals surface area contributed by atoms with Gasteiger partial charge in [0.1, 0.15) is 17.6 Å². The van der Waals surface area contributed by atoms with E-state index in [0.717, 1.165) is 27.7 Å². The number of piperazine rings is 1. The van der Waals surface area contributed by atoms with Crippen LogP contribution in [-0.2, 0) is 22.4 Å². The molecule has 0 spiro atoms. The van der Waals surface area contributed by atoms with Gasteiger partial charge in [0, 0.05) is 29.6 Å². The molecule has 2 amide bonds. The normalized spacial score (nSPS) is 19.4. The smallest absolute Gasteiger partial charge is 0.246 e. The van der Waals surface area contributed by atoms with Crippen LogP contribution in [0.3, 0.4) is 0 Å². The Kier molecular flexibility index (Phi) is 5.48. The fraction of sp³-hybridized carbons (Fsp3) is 0.241. The second kappa shape index (κ2) is 8.82. The molecule has 7 heteroatoms. The van der Waals surface area contributed by atoms with Gasteiger partial charge in [0.15, 0.2) is 0 Å². The Morgan fingerprint density at radius 1 is 1.03 bits per heavy atom. The van der Waals surface area contributed by atoms with Crippen LogP contribution in [0.15, 0.2) is 72.8 Å². The molecule has 3 heterocycles. The van der Waals surface area contributed by atoms with Crippen molar-refractivity contribution in [1.82, 2.24) is 14.8 Å². The van der Waals surface area contributed by atoms with Gasteiger partial charge in [0.25, 0.3) is 0 Å². The number of nitrogens with one attached hydrogen (secondary N) is 1. The quantitative estimate of drug-likeness (QED) is 0.462. The molecule has 4 aromatic rings. The number of carbonyl (C=O) groups is 2. The van der Waals surface area contributed by atoms with Crippen LogP contribution in [-0.4, -0.2) is 52.8 Å². The number of ether oxygens (including phenoxy) is 1. The molecule has 3 aromatic carbocycles. The third-order valence-corrected chi connectivity index (χ3v) is 7.36. The largest absolute Gasteiger partial charge is 0.497 e. The molecule has 0 aliphatic carbocycles. The van der Waals surface area contributed by atoms with Crippen molar-refractivity contribution in [1.29, 1.82) is 0 Å². The van der Waals surface area contributed by atoms with E-state index in [0.29, 0.717) is 30.7 Å². The van der Waals surface area contributed by atoms with Crippen molar-refractivity contribution in [2.75, 3.05) is 20.2 Å². The van der Waals surface area contributed by atoms with Crippen molar-refractivity contribution in [2.24, 2.45) is 0 Å². The average molecular weight is 484 g/mol. The number of amides is 2. The number of methoxy groups -OCH3 is 1. The SMILES string of the molecule is COc1cccc([C@@H]2c3[nH]c4ccccc4c3C[C@H]3C(=O)N(CCc4ccccc4F)CC(=O)N23)c1. The minimum Gasteiger partial charge on any atom is -0.497 e. The molecule has 36 heavy (non-hydrogen) atoms. The number of fused-ring (bicyclic) bond motifs is 4. The summed E-state index contributed by atoms with van der Waals surface area (Å²) in [7, 11) is 1.61. The van der Waals surface area contributed by atoms with Gasteiger partial charge < -0.3 is 19.5 Å². The van der Waals surface area contributed by atoms with Gasteiger partial charge in [0.05, 0.1) is 19.7 Å². The lowest BCUT2D eigenvalue weighted by atomic mass is 9.86. The monoisotopic (exact) mass is 483 g/mol. The van der Waals surface area contributed by atoms with E-state index in [1.807, 2.05) is 48.5 Å². The zero-order chi connectivity index (χ0) is 24.8. The van der Waals surface area contributed by atoms with E-state index in [1.54, 1.807) is 35.1 Å². The predicted molar refractivity (Wildman–Crippen MR) is 134 cm³/mol. The Morgan fingerprint density at radius 3 is 2.67 bits per heavy atom. The molecule has 6 rings (SSSR count). The number of H-pyrrole nitrogens is 1. The van der Waals surface area contributed by atoms with Crippen molar-refractivity contribution in [3.05, 3.63) is 101 Å². The number of halogens is 1. The van der Waals surface area contributed by atoms with Crippen LogP contribution in [0.25, 0.3) is 10.9 Å². The highest BCUT2D eigenvalue weighted by Crippen LogP contribution is 2.43. The molecule has 2 aliphatic heterocycles. The van der Waals surface area contributed by atoms with E-state index < -0.39 is 12.1 Å².